The van der Waals surface area contributed by atoms with E-state index in [1.54, 1.807) is 0 Å². The molecule has 0 atom stereocenters. The normalized spacial score (nSPS) is 14.0. The smallest absolute Gasteiger partial charge is 0.294 e. The van der Waals surface area contributed by atoms with Gasteiger partial charge in [0.05, 0.1) is 16.4 Å². The Hall–Kier alpha value is -6.35. The van der Waals surface area contributed by atoms with Gasteiger partial charge in [-0.25, -0.2) is 4.98 Å². The topological polar surface area (TPSA) is 23.8 Å². The SMILES string of the molecule is C[N+]1=C=[N+](c2cccc(C3(c4ccc5c6ccccc6n(-c6ccccn6)c5c4)c4ccccc4-c4ccccc43)c2)c2ccccc21. The lowest BCUT2D eigenvalue weighted by Crippen LogP contribution is -2.28. The first kappa shape index (κ1) is 26.8. The molecule has 0 spiro atoms. The molecule has 48 heavy (non-hydrogen) atoms. The number of para-hydroxylation sites is 3. The fourth-order valence-electron chi connectivity index (χ4n) is 8.23. The third-order valence-corrected chi connectivity index (χ3v) is 10.2. The summed E-state index contributed by atoms with van der Waals surface area (Å²) in [5.41, 5.74) is 12.6. The predicted molar refractivity (Wildman–Crippen MR) is 195 cm³/mol. The van der Waals surface area contributed by atoms with Gasteiger partial charge in [0.2, 0.25) is 5.69 Å². The summed E-state index contributed by atoms with van der Waals surface area (Å²) in [5, 5.41) is 2.43. The van der Waals surface area contributed by atoms with Crippen LogP contribution in [0.4, 0.5) is 17.1 Å². The molecule has 0 bridgehead atoms. The van der Waals surface area contributed by atoms with Gasteiger partial charge in [-0.3, -0.25) is 4.57 Å². The molecule has 10 rings (SSSR count). The molecule has 0 saturated carbocycles. The maximum atomic E-state index is 4.82. The van der Waals surface area contributed by atoms with Gasteiger partial charge < -0.3 is 0 Å². The lowest BCUT2D eigenvalue weighted by Gasteiger charge is -2.34. The second kappa shape index (κ2) is 10.1. The molecule has 2 aromatic heterocycles. The number of aromatic nitrogens is 2. The van der Waals surface area contributed by atoms with Gasteiger partial charge in [-0.2, -0.15) is 0 Å². The summed E-state index contributed by atoms with van der Waals surface area (Å²) in [5.74, 6) is 0.909. The molecule has 0 saturated heterocycles. The number of pyridine rings is 1. The van der Waals surface area contributed by atoms with Crippen LogP contribution < -0.4 is 4.58 Å². The summed E-state index contributed by atoms with van der Waals surface area (Å²) in [6, 6.07) is 60.8. The highest BCUT2D eigenvalue weighted by molar-refractivity contribution is 6.09. The Kier molecular flexibility index (Phi) is 5.63. The highest BCUT2D eigenvalue weighted by atomic mass is 15.2. The van der Waals surface area contributed by atoms with Gasteiger partial charge in [-0.1, -0.05) is 114 Å². The zero-order valence-corrected chi connectivity index (χ0v) is 26.4. The summed E-state index contributed by atoms with van der Waals surface area (Å²) in [4.78, 5) is 4.82. The van der Waals surface area contributed by atoms with Gasteiger partial charge in [-0.05, 0) is 62.2 Å². The Morgan fingerprint density at radius 2 is 1.23 bits per heavy atom. The quantitative estimate of drug-likeness (QED) is 0.181. The Balaban J connectivity index is 1.31. The van der Waals surface area contributed by atoms with E-state index < -0.39 is 5.41 Å². The molecular weight excluding hydrogens is 585 g/mol. The molecule has 2 aliphatic rings. The molecule has 6 aromatic carbocycles. The van der Waals surface area contributed by atoms with E-state index in [-0.39, 0.29) is 0 Å². The third-order valence-electron chi connectivity index (χ3n) is 10.2. The Labute approximate surface area is 278 Å². The number of benzene rings is 6. The van der Waals surface area contributed by atoms with E-state index in [1.165, 1.54) is 44.2 Å². The summed E-state index contributed by atoms with van der Waals surface area (Å²) in [6.07, 6.45) is 1.87. The van der Waals surface area contributed by atoms with Crippen molar-refractivity contribution in [1.82, 2.24) is 14.1 Å². The number of fused-ring (bicyclic) bond motifs is 7. The molecule has 8 aromatic rings. The predicted octanol–water partition coefficient (Wildman–Crippen LogP) is 9.84. The van der Waals surface area contributed by atoms with Crippen LogP contribution in [0.3, 0.4) is 0 Å². The van der Waals surface area contributed by atoms with Crippen molar-refractivity contribution < 1.29 is 4.58 Å². The van der Waals surface area contributed by atoms with Crippen molar-refractivity contribution >= 4 is 44.9 Å². The largest absolute Gasteiger partial charge is 0.496 e. The third kappa shape index (κ3) is 3.58. The van der Waals surface area contributed by atoms with E-state index in [1.807, 2.05) is 12.3 Å². The van der Waals surface area contributed by atoms with Gasteiger partial charge in [-0.15, -0.1) is 0 Å². The monoisotopic (exact) mass is 614 g/mol. The van der Waals surface area contributed by atoms with Crippen LogP contribution in [0.25, 0.3) is 38.8 Å². The number of nitrogens with zero attached hydrogens (tertiary/aromatic N) is 4. The number of hydrogen-bond acceptors (Lipinski definition) is 1. The molecular formula is C44H30N4+2. The molecule has 0 unspecified atom stereocenters. The first-order valence-electron chi connectivity index (χ1n) is 16.4. The van der Waals surface area contributed by atoms with Crippen molar-refractivity contribution in [3.63, 3.8) is 0 Å². The average Bonchev–Trinajstić information content (AvgIpc) is 3.78. The fourth-order valence-corrected chi connectivity index (χ4v) is 8.23. The van der Waals surface area contributed by atoms with Crippen molar-refractivity contribution in [2.75, 3.05) is 7.05 Å². The highest BCUT2D eigenvalue weighted by Crippen LogP contribution is 2.57. The van der Waals surface area contributed by atoms with Gasteiger partial charge in [0.25, 0.3) is 11.4 Å². The van der Waals surface area contributed by atoms with Crippen LogP contribution in [0.2, 0.25) is 0 Å². The second-order valence-electron chi connectivity index (χ2n) is 12.6. The lowest BCUT2D eigenvalue weighted by molar-refractivity contribution is -0.394. The lowest BCUT2D eigenvalue weighted by atomic mass is 9.67. The summed E-state index contributed by atoms with van der Waals surface area (Å²) in [6.45, 7) is 0. The minimum atomic E-state index is -0.562. The van der Waals surface area contributed by atoms with E-state index >= 15 is 0 Å². The van der Waals surface area contributed by atoms with E-state index in [4.69, 9.17) is 4.98 Å². The van der Waals surface area contributed by atoms with Crippen LogP contribution in [0.1, 0.15) is 22.3 Å². The van der Waals surface area contributed by atoms with Crippen LogP contribution in [0, 0.1) is 0 Å². The summed E-state index contributed by atoms with van der Waals surface area (Å²) >= 11 is 0. The van der Waals surface area contributed by atoms with Crippen molar-refractivity contribution in [3.8, 4) is 16.9 Å². The van der Waals surface area contributed by atoms with Gasteiger partial charge in [0, 0.05) is 41.2 Å². The first-order chi connectivity index (χ1) is 23.7. The molecule has 0 amide bonds. The van der Waals surface area contributed by atoms with Gasteiger partial charge in [0.1, 0.15) is 5.82 Å². The first-order valence-corrected chi connectivity index (χ1v) is 16.4. The molecule has 0 radical (unpaired) electrons. The van der Waals surface area contributed by atoms with Gasteiger partial charge >= 0.3 is 6.01 Å². The molecule has 1 aliphatic carbocycles. The van der Waals surface area contributed by atoms with Crippen molar-refractivity contribution in [2.45, 2.75) is 5.41 Å². The fraction of sp³-hybridized carbons (Fsp3) is 0.0455. The van der Waals surface area contributed by atoms with Crippen molar-refractivity contribution in [1.29, 1.82) is 0 Å². The summed E-state index contributed by atoms with van der Waals surface area (Å²) in [7, 11) is 2.06. The highest BCUT2D eigenvalue weighted by Gasteiger charge is 2.47. The van der Waals surface area contributed by atoms with Crippen LogP contribution in [0.5, 0.6) is 0 Å². The van der Waals surface area contributed by atoms with Crippen LogP contribution in [-0.4, -0.2) is 27.2 Å². The minimum absolute atomic E-state index is 0.562. The maximum Gasteiger partial charge on any atom is 0.496 e. The zero-order valence-electron chi connectivity index (χ0n) is 26.4. The Morgan fingerprint density at radius 1 is 0.562 bits per heavy atom. The Morgan fingerprint density at radius 3 is 2.02 bits per heavy atom. The van der Waals surface area contributed by atoms with Crippen LogP contribution in [0.15, 0.2) is 164 Å². The number of rotatable bonds is 4. The average molecular weight is 615 g/mol. The van der Waals surface area contributed by atoms with Gasteiger partial charge in [0.15, 0.2) is 7.05 Å². The molecule has 4 nitrogen and oxygen atoms in total. The molecule has 0 fully saturated rings. The van der Waals surface area contributed by atoms with E-state index in [0.29, 0.717) is 0 Å². The zero-order chi connectivity index (χ0) is 31.8. The summed E-state index contributed by atoms with van der Waals surface area (Å²) < 4.78 is 6.57. The second-order valence-corrected chi connectivity index (χ2v) is 12.6. The molecule has 1 aliphatic heterocycles. The molecule has 4 heteroatoms. The molecule has 0 N–H and O–H groups in total. The molecule has 224 valence electrons. The van der Waals surface area contributed by atoms with Crippen molar-refractivity contribution in [2.24, 2.45) is 0 Å². The van der Waals surface area contributed by atoms with E-state index in [9.17, 15) is 0 Å². The van der Waals surface area contributed by atoms with E-state index in [2.05, 4.69) is 178 Å². The minimum Gasteiger partial charge on any atom is -0.294 e. The number of hydrogen-bond donors (Lipinski definition) is 0. The van der Waals surface area contributed by atoms with Crippen LogP contribution >= 0.6 is 0 Å². The van der Waals surface area contributed by atoms with Crippen molar-refractivity contribution in [3.05, 3.63) is 186 Å². The maximum absolute atomic E-state index is 4.82. The van der Waals surface area contributed by atoms with Crippen LogP contribution in [-0.2, 0) is 5.41 Å². The Bertz CT molecular complexity index is 2630. The van der Waals surface area contributed by atoms with E-state index in [0.717, 1.165) is 33.9 Å². The standard InChI is InChI=1S/C44H30N4/c1-46-29-47(41-22-9-8-21-40(41)46)32-14-12-13-30(27-32)44(37-18-5-2-15-33(37)34-16-3-6-19-38(34)44)31-24-25-36-35-17-4-7-20-39(35)48(42(36)28-31)43-23-10-11-26-45-43/h2-28H,1H3/q+2. The molecule has 3 heterocycles.